The summed E-state index contributed by atoms with van der Waals surface area (Å²) in [6.07, 6.45) is 0. The van der Waals surface area contributed by atoms with Crippen LogP contribution in [0.1, 0.15) is 0 Å². The molecule has 0 aliphatic rings. The molecule has 0 N–H and O–H groups in total. The minimum atomic E-state index is 0.469. The first-order valence-corrected chi connectivity index (χ1v) is 7.22. The van der Waals surface area contributed by atoms with Gasteiger partial charge >= 0.3 is 0 Å². The van der Waals surface area contributed by atoms with Crippen LogP contribution in [0.25, 0.3) is 33.3 Å². The van der Waals surface area contributed by atoms with Gasteiger partial charge in [0.15, 0.2) is 5.58 Å². The van der Waals surface area contributed by atoms with Gasteiger partial charge in [-0.2, -0.15) is 0 Å². The minimum Gasteiger partial charge on any atom is -0.434 e. The largest absolute Gasteiger partial charge is 0.434 e. The Kier molecular flexibility index (Phi) is 2.88. The lowest BCUT2D eigenvalue weighted by Gasteiger charge is -2.02. The summed E-state index contributed by atoms with van der Waals surface area (Å²) in [6, 6.07) is 17.6. The highest BCUT2D eigenvalue weighted by molar-refractivity contribution is 6.38. The van der Waals surface area contributed by atoms with E-state index in [4.69, 9.17) is 27.6 Å². The van der Waals surface area contributed by atoms with E-state index in [0.717, 1.165) is 16.3 Å². The summed E-state index contributed by atoms with van der Waals surface area (Å²) in [6.45, 7) is 0. The Hall–Kier alpha value is -2.03. The number of nitrogens with zero attached hydrogens (tertiary/aromatic N) is 1. The molecule has 0 saturated heterocycles. The zero-order valence-electron chi connectivity index (χ0n) is 10.8. The quantitative estimate of drug-likeness (QED) is 0.433. The van der Waals surface area contributed by atoms with Crippen molar-refractivity contribution in [2.75, 3.05) is 0 Å². The van der Waals surface area contributed by atoms with Crippen LogP contribution in [0, 0.1) is 0 Å². The van der Waals surface area contributed by atoms with Gasteiger partial charge in [0.1, 0.15) is 5.52 Å². The van der Waals surface area contributed by atoms with Gasteiger partial charge in [-0.05, 0) is 29.0 Å². The molecule has 4 rings (SSSR count). The molecule has 0 amide bonds. The first-order valence-electron chi connectivity index (χ1n) is 6.46. The Morgan fingerprint density at radius 1 is 0.905 bits per heavy atom. The van der Waals surface area contributed by atoms with Gasteiger partial charge in [-0.25, -0.2) is 4.98 Å². The fourth-order valence-electron chi connectivity index (χ4n) is 2.49. The zero-order valence-corrected chi connectivity index (χ0v) is 12.3. The van der Waals surface area contributed by atoms with Crippen molar-refractivity contribution in [1.82, 2.24) is 4.98 Å². The van der Waals surface area contributed by atoms with E-state index in [1.807, 2.05) is 30.3 Å². The van der Waals surface area contributed by atoms with Crippen molar-refractivity contribution in [1.29, 1.82) is 0 Å². The lowest BCUT2D eigenvalue weighted by atomic mass is 10.0. The molecule has 1 aromatic heterocycles. The minimum absolute atomic E-state index is 0.469. The number of rotatable bonds is 1. The zero-order chi connectivity index (χ0) is 14.4. The predicted octanol–water partition coefficient (Wildman–Crippen LogP) is 5.95. The van der Waals surface area contributed by atoms with Gasteiger partial charge in [-0.1, -0.05) is 59.6 Å². The van der Waals surface area contributed by atoms with Gasteiger partial charge in [0.25, 0.3) is 0 Å². The SMILES string of the molecule is Clc1cc(Cl)c2oc(-c3cccc4ccccc34)nc2c1. The number of oxazole rings is 1. The third kappa shape index (κ3) is 2.08. The Labute approximate surface area is 130 Å². The molecule has 2 nitrogen and oxygen atoms in total. The average Bonchev–Trinajstić information content (AvgIpc) is 2.90. The van der Waals surface area contributed by atoms with Gasteiger partial charge in [-0.3, -0.25) is 0 Å². The fraction of sp³-hybridized carbons (Fsp3) is 0. The van der Waals surface area contributed by atoms with E-state index in [1.54, 1.807) is 12.1 Å². The van der Waals surface area contributed by atoms with Crippen LogP contribution in [0.4, 0.5) is 0 Å². The van der Waals surface area contributed by atoms with Crippen LogP contribution in [0.2, 0.25) is 10.0 Å². The molecule has 0 aliphatic heterocycles. The van der Waals surface area contributed by atoms with E-state index in [2.05, 4.69) is 17.1 Å². The molecule has 0 unspecified atom stereocenters. The summed E-state index contributed by atoms with van der Waals surface area (Å²) in [7, 11) is 0. The summed E-state index contributed by atoms with van der Waals surface area (Å²) in [5.74, 6) is 0.547. The molecule has 4 heteroatoms. The monoisotopic (exact) mass is 313 g/mol. The number of fused-ring (bicyclic) bond motifs is 2. The van der Waals surface area contributed by atoms with Crippen LogP contribution in [0.5, 0.6) is 0 Å². The number of hydrogen-bond acceptors (Lipinski definition) is 2. The number of benzene rings is 3. The second-order valence-electron chi connectivity index (χ2n) is 4.78. The molecule has 0 saturated carbocycles. The summed E-state index contributed by atoms with van der Waals surface area (Å²) in [5, 5.41) is 3.25. The van der Waals surface area contributed by atoms with E-state index in [1.165, 1.54) is 0 Å². The van der Waals surface area contributed by atoms with E-state index in [9.17, 15) is 0 Å². The molecular formula is C17H9Cl2NO. The van der Waals surface area contributed by atoms with Crippen molar-refractivity contribution in [2.45, 2.75) is 0 Å². The molecule has 0 bridgehead atoms. The molecule has 102 valence electrons. The maximum Gasteiger partial charge on any atom is 0.228 e. The van der Waals surface area contributed by atoms with Crippen molar-refractivity contribution in [3.63, 3.8) is 0 Å². The van der Waals surface area contributed by atoms with Crippen molar-refractivity contribution in [3.8, 4) is 11.5 Å². The van der Waals surface area contributed by atoms with Gasteiger partial charge in [-0.15, -0.1) is 0 Å². The molecule has 0 atom stereocenters. The number of aromatic nitrogens is 1. The first kappa shape index (κ1) is 12.7. The topological polar surface area (TPSA) is 26.0 Å². The Morgan fingerprint density at radius 3 is 2.62 bits per heavy atom. The Bertz CT molecular complexity index is 970. The Balaban J connectivity index is 2.03. The predicted molar refractivity (Wildman–Crippen MR) is 87.0 cm³/mol. The molecule has 1 heterocycles. The fourth-order valence-corrected chi connectivity index (χ4v) is 3.01. The maximum atomic E-state index is 6.16. The molecule has 3 aromatic carbocycles. The Morgan fingerprint density at radius 2 is 1.71 bits per heavy atom. The smallest absolute Gasteiger partial charge is 0.228 e. The van der Waals surface area contributed by atoms with Gasteiger partial charge in [0.2, 0.25) is 5.89 Å². The van der Waals surface area contributed by atoms with Crippen molar-refractivity contribution in [2.24, 2.45) is 0 Å². The van der Waals surface area contributed by atoms with Crippen molar-refractivity contribution >= 4 is 45.1 Å². The summed E-state index contributed by atoms with van der Waals surface area (Å²) in [5.41, 5.74) is 2.16. The van der Waals surface area contributed by atoms with Gasteiger partial charge in [0.05, 0.1) is 5.02 Å². The van der Waals surface area contributed by atoms with Crippen LogP contribution in [-0.2, 0) is 0 Å². The third-order valence-electron chi connectivity index (χ3n) is 3.43. The second kappa shape index (κ2) is 4.76. The first-order chi connectivity index (χ1) is 10.2. The standard InChI is InChI=1S/C17H9Cl2NO/c18-11-8-14(19)16-15(9-11)20-17(21-16)13-7-3-5-10-4-1-2-6-12(10)13/h1-9H. The molecular weight excluding hydrogens is 305 g/mol. The molecule has 0 spiro atoms. The lowest BCUT2D eigenvalue weighted by molar-refractivity contribution is 0.621. The van der Waals surface area contributed by atoms with E-state index >= 15 is 0 Å². The van der Waals surface area contributed by atoms with Crippen molar-refractivity contribution < 1.29 is 4.42 Å². The molecule has 21 heavy (non-hydrogen) atoms. The summed E-state index contributed by atoms with van der Waals surface area (Å²) >= 11 is 12.2. The number of halogens is 2. The molecule has 0 aliphatic carbocycles. The van der Waals surface area contributed by atoms with E-state index < -0.39 is 0 Å². The van der Waals surface area contributed by atoms with Gasteiger partial charge < -0.3 is 4.42 Å². The van der Waals surface area contributed by atoms with Crippen LogP contribution >= 0.6 is 23.2 Å². The van der Waals surface area contributed by atoms with Crippen LogP contribution < -0.4 is 0 Å². The maximum absolute atomic E-state index is 6.16. The van der Waals surface area contributed by atoms with Gasteiger partial charge in [0, 0.05) is 10.6 Å². The molecule has 0 radical (unpaired) electrons. The highest BCUT2D eigenvalue weighted by Crippen LogP contribution is 2.34. The lowest BCUT2D eigenvalue weighted by Crippen LogP contribution is -1.80. The number of hydrogen-bond donors (Lipinski definition) is 0. The van der Waals surface area contributed by atoms with Crippen LogP contribution in [0.3, 0.4) is 0 Å². The highest BCUT2D eigenvalue weighted by atomic mass is 35.5. The molecule has 0 fully saturated rings. The van der Waals surface area contributed by atoms with Crippen LogP contribution in [-0.4, -0.2) is 4.98 Å². The van der Waals surface area contributed by atoms with Crippen molar-refractivity contribution in [3.05, 3.63) is 64.6 Å². The van der Waals surface area contributed by atoms with E-state index in [0.29, 0.717) is 27.0 Å². The summed E-state index contributed by atoms with van der Waals surface area (Å²) < 4.78 is 5.85. The normalized spacial score (nSPS) is 11.3. The second-order valence-corrected chi connectivity index (χ2v) is 5.63. The summed E-state index contributed by atoms with van der Waals surface area (Å²) in [4.78, 5) is 4.52. The average molecular weight is 314 g/mol. The highest BCUT2D eigenvalue weighted by Gasteiger charge is 2.13. The van der Waals surface area contributed by atoms with E-state index in [-0.39, 0.29) is 0 Å². The van der Waals surface area contributed by atoms with Crippen LogP contribution in [0.15, 0.2) is 59.0 Å². The molecule has 4 aromatic rings. The third-order valence-corrected chi connectivity index (χ3v) is 3.93.